The van der Waals surface area contributed by atoms with Gasteiger partial charge in [0.25, 0.3) is 0 Å². The summed E-state index contributed by atoms with van der Waals surface area (Å²) >= 11 is 6.06. The third-order valence-electron chi connectivity index (χ3n) is 5.10. The van der Waals surface area contributed by atoms with Crippen molar-refractivity contribution in [3.05, 3.63) is 41.1 Å². The Labute approximate surface area is 179 Å². The highest BCUT2D eigenvalue weighted by Gasteiger charge is 2.36. The van der Waals surface area contributed by atoms with Crippen molar-refractivity contribution >= 4 is 27.1 Å². The molecule has 0 spiro atoms. The lowest BCUT2D eigenvalue weighted by Gasteiger charge is -2.32. The van der Waals surface area contributed by atoms with Gasteiger partial charge in [0, 0.05) is 45.1 Å². The smallest absolute Gasteiger partial charge is 0.241 e. The molecule has 0 bridgehead atoms. The number of nitrogens with zero attached hydrogens (tertiary/aromatic N) is 4. The second-order valence-corrected chi connectivity index (χ2v) is 9.53. The zero-order chi connectivity index (χ0) is 21.1. The molecular weight excluding hydrogens is 435 g/mol. The van der Waals surface area contributed by atoms with Gasteiger partial charge in [0.05, 0.1) is 19.0 Å². The summed E-state index contributed by atoms with van der Waals surface area (Å²) in [6, 6.07) is 3.68. The van der Waals surface area contributed by atoms with Crippen LogP contribution < -0.4 is 9.64 Å². The Kier molecular flexibility index (Phi) is 6.37. The van der Waals surface area contributed by atoms with Gasteiger partial charge in [0.1, 0.15) is 22.2 Å². The first-order valence-electron chi connectivity index (χ1n) is 9.64. The van der Waals surface area contributed by atoms with Gasteiger partial charge in [-0.2, -0.15) is 9.37 Å². The Morgan fingerprint density at radius 1 is 1.27 bits per heavy atom. The standard InChI is InChI=1S/C19H22ClFN4O4S/c20-15-17-16(19(23-18(15)21)29-10-6-24-4-8-28-9-5-24)25(7-11-30(17,26)27)13-14-2-1-3-22-12-14/h1-3,12H,4-11,13H2. The molecule has 4 rings (SSSR count). The van der Waals surface area contributed by atoms with E-state index in [1.54, 1.807) is 23.4 Å². The molecule has 30 heavy (non-hydrogen) atoms. The van der Waals surface area contributed by atoms with Gasteiger partial charge >= 0.3 is 0 Å². The molecule has 0 aliphatic carbocycles. The Hall–Kier alpha value is -2.01. The summed E-state index contributed by atoms with van der Waals surface area (Å²) in [7, 11) is -3.76. The zero-order valence-corrected chi connectivity index (χ0v) is 17.8. The average molecular weight is 457 g/mol. The molecule has 8 nitrogen and oxygen atoms in total. The van der Waals surface area contributed by atoms with Crippen LogP contribution in [-0.4, -0.2) is 75.0 Å². The van der Waals surface area contributed by atoms with E-state index in [0.29, 0.717) is 26.3 Å². The van der Waals surface area contributed by atoms with Crippen LogP contribution in [0.2, 0.25) is 5.02 Å². The fraction of sp³-hybridized carbons (Fsp3) is 0.474. The molecule has 4 heterocycles. The van der Waals surface area contributed by atoms with Crippen molar-refractivity contribution < 1.29 is 22.3 Å². The number of ether oxygens (including phenoxy) is 2. The first kappa shape index (κ1) is 21.2. The van der Waals surface area contributed by atoms with E-state index in [4.69, 9.17) is 21.1 Å². The summed E-state index contributed by atoms with van der Waals surface area (Å²) in [6.45, 7) is 4.30. The summed E-state index contributed by atoms with van der Waals surface area (Å²) in [4.78, 5) is 11.6. The van der Waals surface area contributed by atoms with E-state index >= 15 is 0 Å². The molecule has 0 radical (unpaired) electrons. The van der Waals surface area contributed by atoms with E-state index in [-0.39, 0.29) is 35.4 Å². The number of sulfone groups is 1. The molecule has 0 amide bonds. The number of pyridine rings is 2. The van der Waals surface area contributed by atoms with Gasteiger partial charge in [-0.05, 0) is 11.6 Å². The molecule has 2 aromatic rings. The van der Waals surface area contributed by atoms with Gasteiger partial charge in [0.2, 0.25) is 11.8 Å². The number of halogens is 2. The van der Waals surface area contributed by atoms with Crippen molar-refractivity contribution in [2.75, 3.05) is 56.7 Å². The Bertz CT molecular complexity index is 1000. The summed E-state index contributed by atoms with van der Waals surface area (Å²) in [6.07, 6.45) is 3.35. The molecule has 0 aromatic carbocycles. The van der Waals surface area contributed by atoms with Crippen LogP contribution in [0, 0.1) is 5.95 Å². The average Bonchev–Trinajstić information content (AvgIpc) is 2.74. The van der Waals surface area contributed by atoms with E-state index in [2.05, 4.69) is 14.9 Å². The Morgan fingerprint density at radius 3 is 2.80 bits per heavy atom. The number of hydrogen-bond donors (Lipinski definition) is 0. The third-order valence-corrected chi connectivity index (χ3v) is 7.30. The minimum Gasteiger partial charge on any atom is -0.475 e. The van der Waals surface area contributed by atoms with Crippen LogP contribution in [0.15, 0.2) is 29.4 Å². The molecule has 1 saturated heterocycles. The summed E-state index contributed by atoms with van der Waals surface area (Å²) < 4.78 is 51.0. The van der Waals surface area contributed by atoms with E-state index in [1.165, 1.54) is 0 Å². The molecule has 2 aliphatic rings. The first-order chi connectivity index (χ1) is 14.5. The molecule has 0 N–H and O–H groups in total. The molecule has 2 aromatic heterocycles. The Morgan fingerprint density at radius 2 is 2.07 bits per heavy atom. The molecule has 0 saturated carbocycles. The van der Waals surface area contributed by atoms with Crippen LogP contribution in [0.4, 0.5) is 10.1 Å². The van der Waals surface area contributed by atoms with E-state index in [9.17, 15) is 12.8 Å². The fourth-order valence-corrected chi connectivity index (χ4v) is 5.58. The highest BCUT2D eigenvalue weighted by atomic mass is 35.5. The number of morpholine rings is 1. The molecular formula is C19H22ClFN4O4S. The van der Waals surface area contributed by atoms with Crippen molar-refractivity contribution in [2.45, 2.75) is 11.4 Å². The molecule has 0 atom stereocenters. The predicted octanol–water partition coefficient (Wildman–Crippen LogP) is 1.77. The number of hydrogen-bond acceptors (Lipinski definition) is 8. The van der Waals surface area contributed by atoms with Crippen LogP contribution in [0.3, 0.4) is 0 Å². The SMILES string of the molecule is O=S1(=O)CCN(Cc2cccnc2)c2c(OCCN3CCOCC3)nc(F)c(Cl)c21. The van der Waals surface area contributed by atoms with Gasteiger partial charge in [0.15, 0.2) is 9.84 Å². The molecule has 0 unspecified atom stereocenters. The normalized spacial score (nSPS) is 18.8. The van der Waals surface area contributed by atoms with Gasteiger partial charge in [-0.1, -0.05) is 17.7 Å². The lowest BCUT2D eigenvalue weighted by molar-refractivity contribution is 0.0319. The maximum Gasteiger partial charge on any atom is 0.241 e. The van der Waals surface area contributed by atoms with Crippen LogP contribution in [0.25, 0.3) is 0 Å². The molecule has 2 aliphatic heterocycles. The number of fused-ring (bicyclic) bond motifs is 1. The van der Waals surface area contributed by atoms with Gasteiger partial charge in [-0.25, -0.2) is 8.42 Å². The number of anilines is 1. The van der Waals surface area contributed by atoms with Gasteiger partial charge in [-0.3, -0.25) is 9.88 Å². The summed E-state index contributed by atoms with van der Waals surface area (Å²) in [5.41, 5.74) is 1.08. The fourth-order valence-electron chi connectivity index (χ4n) is 3.56. The number of rotatable bonds is 6. The highest BCUT2D eigenvalue weighted by molar-refractivity contribution is 7.91. The first-order valence-corrected chi connectivity index (χ1v) is 11.7. The maximum atomic E-state index is 14.4. The van der Waals surface area contributed by atoms with Crippen LogP contribution in [-0.2, 0) is 21.1 Å². The third kappa shape index (κ3) is 4.51. The predicted molar refractivity (Wildman–Crippen MR) is 109 cm³/mol. The van der Waals surface area contributed by atoms with E-state index in [1.807, 2.05) is 6.07 Å². The van der Waals surface area contributed by atoms with Crippen molar-refractivity contribution in [2.24, 2.45) is 0 Å². The monoisotopic (exact) mass is 456 g/mol. The lowest BCUT2D eigenvalue weighted by Crippen LogP contribution is -2.39. The van der Waals surface area contributed by atoms with E-state index in [0.717, 1.165) is 18.7 Å². The van der Waals surface area contributed by atoms with E-state index < -0.39 is 20.8 Å². The van der Waals surface area contributed by atoms with Gasteiger partial charge in [-0.15, -0.1) is 0 Å². The highest BCUT2D eigenvalue weighted by Crippen LogP contribution is 2.43. The van der Waals surface area contributed by atoms with Crippen LogP contribution in [0.1, 0.15) is 5.56 Å². The van der Waals surface area contributed by atoms with Crippen molar-refractivity contribution in [1.29, 1.82) is 0 Å². The quantitative estimate of drug-likeness (QED) is 0.608. The summed E-state index contributed by atoms with van der Waals surface area (Å²) in [5, 5.41) is -0.499. The minimum absolute atomic E-state index is 0.0627. The van der Waals surface area contributed by atoms with Crippen molar-refractivity contribution in [3.63, 3.8) is 0 Å². The van der Waals surface area contributed by atoms with Crippen LogP contribution in [0.5, 0.6) is 5.88 Å². The molecule has 1 fully saturated rings. The summed E-state index contributed by atoms with van der Waals surface area (Å²) in [5.74, 6) is -1.28. The van der Waals surface area contributed by atoms with Crippen LogP contribution >= 0.6 is 11.6 Å². The minimum atomic E-state index is -3.76. The number of aromatic nitrogens is 2. The Balaban J connectivity index is 1.65. The second kappa shape index (κ2) is 9.01. The largest absolute Gasteiger partial charge is 0.475 e. The molecule has 11 heteroatoms. The topological polar surface area (TPSA) is 84.9 Å². The second-order valence-electron chi connectivity index (χ2n) is 7.10. The molecule has 162 valence electrons. The van der Waals surface area contributed by atoms with Gasteiger partial charge < -0.3 is 14.4 Å². The van der Waals surface area contributed by atoms with Crippen molar-refractivity contribution in [3.8, 4) is 5.88 Å². The zero-order valence-electron chi connectivity index (χ0n) is 16.3. The lowest BCUT2D eigenvalue weighted by atomic mass is 10.2. The van der Waals surface area contributed by atoms with Crippen molar-refractivity contribution in [1.82, 2.24) is 14.9 Å². The maximum absolute atomic E-state index is 14.4.